The lowest BCUT2D eigenvalue weighted by atomic mass is 10.2. The van der Waals surface area contributed by atoms with Crippen molar-refractivity contribution in [3.8, 4) is 0 Å². The maximum Gasteiger partial charge on any atom is 0.273 e. The van der Waals surface area contributed by atoms with Crippen molar-refractivity contribution in [3.63, 3.8) is 0 Å². The van der Waals surface area contributed by atoms with Gasteiger partial charge in [-0.05, 0) is 20.3 Å². The van der Waals surface area contributed by atoms with Gasteiger partial charge in [-0.2, -0.15) is 5.10 Å². The first-order chi connectivity index (χ1) is 9.31. The molecule has 2 N–H and O–H groups in total. The monoisotopic (exact) mass is 323 g/mol. The number of rotatable bonds is 7. The van der Waals surface area contributed by atoms with Gasteiger partial charge in [0.05, 0.1) is 12.3 Å². The van der Waals surface area contributed by atoms with Gasteiger partial charge >= 0.3 is 0 Å². The minimum absolute atomic E-state index is 0.222. The predicted octanol–water partition coefficient (Wildman–Crippen LogP) is 1.05. The smallest absolute Gasteiger partial charge is 0.273 e. The van der Waals surface area contributed by atoms with Gasteiger partial charge in [0.2, 0.25) is 0 Å². The molecule has 1 rings (SSSR count). The fraction of sp³-hybridized carbons (Fsp3) is 0.636. The zero-order valence-electron chi connectivity index (χ0n) is 11.6. The molecule has 0 aliphatic heterocycles. The number of halogens is 1. The third-order valence-electron chi connectivity index (χ3n) is 2.55. The number of carbonyl (C=O) groups is 1. The third kappa shape index (κ3) is 4.19. The number of aromatic amines is 1. The van der Waals surface area contributed by atoms with E-state index in [2.05, 4.69) is 15.5 Å². The van der Waals surface area contributed by atoms with E-state index in [0.29, 0.717) is 25.3 Å². The number of carbonyl (C=O) groups excluding carboxylic acids is 1. The van der Waals surface area contributed by atoms with Crippen molar-refractivity contribution in [3.05, 3.63) is 11.4 Å². The second kappa shape index (κ2) is 7.05. The molecule has 1 amide bonds. The highest BCUT2D eigenvalue weighted by Crippen LogP contribution is 2.22. The van der Waals surface area contributed by atoms with Crippen molar-refractivity contribution in [1.82, 2.24) is 15.5 Å². The number of hydrogen-bond acceptors (Lipinski definition) is 5. The van der Waals surface area contributed by atoms with Gasteiger partial charge in [-0.1, -0.05) is 6.92 Å². The summed E-state index contributed by atoms with van der Waals surface area (Å²) in [6, 6.07) is -0.268. The molecule has 114 valence electrons. The predicted molar refractivity (Wildman–Crippen MR) is 74.4 cm³/mol. The lowest BCUT2D eigenvalue weighted by molar-refractivity contribution is 0.0864. The number of aromatic nitrogens is 2. The maximum atomic E-state index is 12.0. The summed E-state index contributed by atoms with van der Waals surface area (Å²) in [4.78, 5) is 11.8. The van der Waals surface area contributed by atoms with Gasteiger partial charge in [0.15, 0.2) is 5.69 Å². The molecule has 1 atom stereocenters. The molecule has 1 aromatic heterocycles. The molecule has 0 radical (unpaired) electrons. The third-order valence-corrected chi connectivity index (χ3v) is 3.94. The van der Waals surface area contributed by atoms with Crippen LogP contribution in [0, 0.1) is 0 Å². The molecule has 1 aromatic rings. The molecule has 0 aromatic carbocycles. The van der Waals surface area contributed by atoms with Gasteiger partial charge in [-0.15, -0.1) is 0 Å². The van der Waals surface area contributed by atoms with Crippen LogP contribution < -0.4 is 5.32 Å². The Morgan fingerprint density at radius 3 is 2.65 bits per heavy atom. The highest BCUT2D eigenvalue weighted by Gasteiger charge is 2.28. The van der Waals surface area contributed by atoms with Gasteiger partial charge in [0.1, 0.15) is 4.90 Å². The van der Waals surface area contributed by atoms with E-state index in [0.717, 1.165) is 0 Å². The summed E-state index contributed by atoms with van der Waals surface area (Å²) < 4.78 is 28.3. The van der Waals surface area contributed by atoms with Crippen LogP contribution in [0.1, 0.15) is 37.0 Å². The number of nitrogens with zero attached hydrogens (tertiary/aromatic N) is 1. The van der Waals surface area contributed by atoms with E-state index in [4.69, 9.17) is 15.4 Å². The van der Waals surface area contributed by atoms with Crippen molar-refractivity contribution in [1.29, 1.82) is 0 Å². The standard InChI is InChI=1S/C11H18ClN3O4S/c1-4-8-10(20(12,17)18)9(15-14-8)11(16)13-7(3)6-19-5-2/h7H,4-6H2,1-3H3,(H,13,16)(H,14,15). The number of aryl methyl sites for hydroxylation is 1. The SMILES string of the molecule is CCOCC(C)NC(=O)c1n[nH]c(CC)c1S(=O)(=O)Cl. The molecule has 0 saturated heterocycles. The minimum atomic E-state index is -4.04. The second-order valence-corrected chi connectivity index (χ2v) is 6.71. The first-order valence-corrected chi connectivity index (χ1v) is 8.52. The van der Waals surface area contributed by atoms with E-state index in [1.807, 2.05) is 6.92 Å². The topological polar surface area (TPSA) is 101 Å². The number of H-pyrrole nitrogens is 1. The molecule has 0 bridgehead atoms. The summed E-state index contributed by atoms with van der Waals surface area (Å²) in [6.07, 6.45) is 0.371. The molecular formula is C11H18ClN3O4S. The van der Waals surface area contributed by atoms with E-state index in [1.165, 1.54) is 0 Å². The number of nitrogens with one attached hydrogen (secondary N) is 2. The molecule has 1 heterocycles. The van der Waals surface area contributed by atoms with E-state index in [1.54, 1.807) is 13.8 Å². The maximum absolute atomic E-state index is 12.0. The Bertz CT molecular complexity index is 570. The van der Waals surface area contributed by atoms with Crippen molar-refractivity contribution in [2.45, 2.75) is 38.1 Å². The van der Waals surface area contributed by atoms with Crippen LogP contribution >= 0.6 is 10.7 Å². The molecule has 1 unspecified atom stereocenters. The Kier molecular flexibility index (Phi) is 5.97. The van der Waals surface area contributed by atoms with Crippen LogP contribution in [0.3, 0.4) is 0 Å². The molecular weight excluding hydrogens is 306 g/mol. The van der Waals surface area contributed by atoms with Crippen molar-refractivity contribution < 1.29 is 17.9 Å². The molecule has 0 aliphatic rings. The first-order valence-electron chi connectivity index (χ1n) is 6.21. The van der Waals surface area contributed by atoms with Gasteiger partial charge in [-0.25, -0.2) is 8.42 Å². The fourth-order valence-electron chi connectivity index (χ4n) is 1.65. The van der Waals surface area contributed by atoms with Gasteiger partial charge in [-0.3, -0.25) is 9.89 Å². The summed E-state index contributed by atoms with van der Waals surface area (Å²) in [6.45, 7) is 6.18. The molecule has 0 saturated carbocycles. The van der Waals surface area contributed by atoms with Gasteiger partial charge < -0.3 is 10.1 Å². The van der Waals surface area contributed by atoms with Crippen LogP contribution in [-0.4, -0.2) is 43.8 Å². The van der Waals surface area contributed by atoms with Crippen LogP contribution in [0.2, 0.25) is 0 Å². The van der Waals surface area contributed by atoms with Gasteiger partial charge in [0.25, 0.3) is 15.0 Å². The summed E-state index contributed by atoms with van der Waals surface area (Å²) in [7, 11) is 1.32. The zero-order chi connectivity index (χ0) is 15.3. The van der Waals surface area contributed by atoms with Crippen LogP contribution in [0.15, 0.2) is 4.90 Å². The van der Waals surface area contributed by atoms with Crippen LogP contribution in [0.5, 0.6) is 0 Å². The van der Waals surface area contributed by atoms with E-state index in [9.17, 15) is 13.2 Å². The largest absolute Gasteiger partial charge is 0.380 e. The number of hydrogen-bond donors (Lipinski definition) is 2. The highest BCUT2D eigenvalue weighted by molar-refractivity contribution is 8.13. The summed E-state index contributed by atoms with van der Waals surface area (Å²) in [5.41, 5.74) is 0.0859. The molecule has 0 spiro atoms. The van der Waals surface area contributed by atoms with Crippen molar-refractivity contribution in [2.24, 2.45) is 0 Å². The van der Waals surface area contributed by atoms with E-state index < -0.39 is 15.0 Å². The Morgan fingerprint density at radius 1 is 1.50 bits per heavy atom. The minimum Gasteiger partial charge on any atom is -0.380 e. The number of amides is 1. The summed E-state index contributed by atoms with van der Waals surface area (Å²) >= 11 is 0. The lowest BCUT2D eigenvalue weighted by Crippen LogP contribution is -2.36. The summed E-state index contributed by atoms with van der Waals surface area (Å²) in [5, 5.41) is 8.88. The van der Waals surface area contributed by atoms with E-state index >= 15 is 0 Å². The lowest BCUT2D eigenvalue weighted by Gasteiger charge is -2.12. The van der Waals surface area contributed by atoms with Crippen molar-refractivity contribution >= 4 is 25.6 Å². The summed E-state index contributed by atoms with van der Waals surface area (Å²) in [5.74, 6) is -0.604. The molecule has 9 heteroatoms. The first kappa shape index (κ1) is 16.9. The quantitative estimate of drug-likeness (QED) is 0.730. The average molecular weight is 324 g/mol. The van der Waals surface area contributed by atoms with Gasteiger partial charge in [0, 0.05) is 23.3 Å². The van der Waals surface area contributed by atoms with Crippen molar-refractivity contribution in [2.75, 3.05) is 13.2 Å². The average Bonchev–Trinajstić information content (AvgIpc) is 2.80. The normalized spacial score (nSPS) is 13.2. The van der Waals surface area contributed by atoms with E-state index in [-0.39, 0.29) is 16.6 Å². The fourth-order valence-corrected chi connectivity index (χ4v) is 3.00. The Balaban J connectivity index is 2.97. The highest BCUT2D eigenvalue weighted by atomic mass is 35.7. The molecule has 7 nitrogen and oxygen atoms in total. The van der Waals surface area contributed by atoms with Crippen LogP contribution in [-0.2, 0) is 20.2 Å². The Labute approximate surface area is 122 Å². The molecule has 20 heavy (non-hydrogen) atoms. The van der Waals surface area contributed by atoms with Crippen LogP contribution in [0.25, 0.3) is 0 Å². The van der Waals surface area contributed by atoms with Crippen LogP contribution in [0.4, 0.5) is 0 Å². The Hall–Kier alpha value is -1.12. The molecule has 0 fully saturated rings. The molecule has 0 aliphatic carbocycles. The number of ether oxygens (including phenoxy) is 1. The Morgan fingerprint density at radius 2 is 2.15 bits per heavy atom. The second-order valence-electron chi connectivity index (χ2n) is 4.21. The zero-order valence-corrected chi connectivity index (χ0v) is 13.1.